The average molecular weight is 159 g/mol. The van der Waals surface area contributed by atoms with Gasteiger partial charge in [0.05, 0.1) is 6.20 Å². The molecule has 1 heterocycles. The largest absolute Gasteiger partial charge is 0.358 e. The lowest BCUT2D eigenvalue weighted by atomic mass is 10.3. The summed E-state index contributed by atoms with van der Waals surface area (Å²) >= 11 is 0. The van der Waals surface area contributed by atoms with Gasteiger partial charge in [0.15, 0.2) is 5.75 Å². The Bertz CT molecular complexity index is 329. The van der Waals surface area contributed by atoms with Gasteiger partial charge in [-0.15, -0.1) is 5.10 Å². The highest BCUT2D eigenvalue weighted by Gasteiger charge is 1.92. The molecule has 0 aliphatic carbocycles. The molecule has 12 heavy (non-hydrogen) atoms. The first-order valence-electron chi connectivity index (χ1n) is 3.60. The van der Waals surface area contributed by atoms with E-state index in [0.29, 0.717) is 0 Å². The minimum atomic E-state index is 0.759. The normalized spacial score (nSPS) is 9.67. The second-order valence-electron chi connectivity index (χ2n) is 2.25. The molecule has 0 unspecified atom stereocenters. The van der Waals surface area contributed by atoms with Gasteiger partial charge in [0.25, 0.3) is 0 Å². The molecule has 0 atom stereocenters. The summed E-state index contributed by atoms with van der Waals surface area (Å²) < 4.78 is 0. The minimum Gasteiger partial charge on any atom is -0.358 e. The Morgan fingerprint density at radius 1 is 1.25 bits per heavy atom. The van der Waals surface area contributed by atoms with Crippen molar-refractivity contribution in [3.8, 4) is 5.75 Å². The van der Waals surface area contributed by atoms with Gasteiger partial charge in [-0.1, -0.05) is 23.0 Å². The first-order valence-corrected chi connectivity index (χ1v) is 3.60. The molecule has 3 heteroatoms. The van der Waals surface area contributed by atoms with Crippen molar-refractivity contribution in [2.24, 2.45) is 0 Å². The van der Waals surface area contributed by atoms with Crippen molar-refractivity contribution >= 4 is 0 Å². The van der Waals surface area contributed by atoms with E-state index in [1.165, 1.54) is 4.85 Å². The van der Waals surface area contributed by atoms with E-state index >= 15 is 0 Å². The van der Waals surface area contributed by atoms with Gasteiger partial charge in [-0.2, -0.15) is 0 Å². The highest BCUT2D eigenvalue weighted by molar-refractivity contribution is 5.20. The third-order valence-corrected chi connectivity index (χ3v) is 1.38. The van der Waals surface area contributed by atoms with Crippen LogP contribution in [0.1, 0.15) is 0 Å². The SMILES string of the molecule is [c]1ccn(Oc2ccccc2)n1. The average Bonchev–Trinajstić information content (AvgIpc) is 2.59. The van der Waals surface area contributed by atoms with Gasteiger partial charge in [0.2, 0.25) is 0 Å². The Hall–Kier alpha value is -1.77. The molecule has 0 aliphatic heterocycles. The molecular weight excluding hydrogens is 152 g/mol. The zero-order valence-electron chi connectivity index (χ0n) is 6.34. The number of hydrogen-bond donors (Lipinski definition) is 0. The summed E-state index contributed by atoms with van der Waals surface area (Å²) in [5, 5.41) is 3.78. The maximum absolute atomic E-state index is 5.29. The van der Waals surface area contributed by atoms with Gasteiger partial charge >= 0.3 is 0 Å². The maximum atomic E-state index is 5.29. The van der Waals surface area contributed by atoms with E-state index in [9.17, 15) is 0 Å². The third kappa shape index (κ3) is 1.45. The summed E-state index contributed by atoms with van der Waals surface area (Å²) in [5.74, 6) is 0.759. The summed E-state index contributed by atoms with van der Waals surface area (Å²) in [5.41, 5.74) is 0. The molecule has 0 saturated heterocycles. The van der Waals surface area contributed by atoms with E-state index in [-0.39, 0.29) is 0 Å². The van der Waals surface area contributed by atoms with Crippen LogP contribution in [-0.2, 0) is 0 Å². The van der Waals surface area contributed by atoms with Gasteiger partial charge in [-0.05, 0) is 18.2 Å². The van der Waals surface area contributed by atoms with E-state index in [4.69, 9.17) is 4.84 Å². The highest BCUT2D eigenvalue weighted by Crippen LogP contribution is 2.07. The van der Waals surface area contributed by atoms with Crippen LogP contribution < -0.4 is 4.84 Å². The molecule has 2 rings (SSSR count). The number of nitrogens with zero attached hydrogens (tertiary/aromatic N) is 2. The molecule has 0 spiro atoms. The standard InChI is InChI=1S/C9H7N2O/c1-2-5-9(6-3-1)12-11-8-4-7-10-11/h1-6,8H. The molecule has 2 aromatic rings. The summed E-state index contributed by atoms with van der Waals surface area (Å²) in [6.07, 6.45) is 4.33. The molecule has 0 amide bonds. The smallest absolute Gasteiger partial charge is 0.157 e. The lowest BCUT2D eigenvalue weighted by Crippen LogP contribution is -2.04. The molecular formula is C9H7N2O. The molecule has 0 aliphatic rings. The Morgan fingerprint density at radius 2 is 2.08 bits per heavy atom. The van der Waals surface area contributed by atoms with Crippen LogP contribution in [0, 0.1) is 6.20 Å². The molecule has 1 aromatic heterocycles. The van der Waals surface area contributed by atoms with E-state index in [2.05, 4.69) is 11.3 Å². The first kappa shape index (κ1) is 6.91. The van der Waals surface area contributed by atoms with Gasteiger partial charge in [-0.25, -0.2) is 0 Å². The van der Waals surface area contributed by atoms with Crippen LogP contribution in [-0.4, -0.2) is 9.94 Å². The fourth-order valence-corrected chi connectivity index (χ4v) is 0.861. The predicted molar refractivity (Wildman–Crippen MR) is 43.5 cm³/mol. The van der Waals surface area contributed by atoms with Crippen molar-refractivity contribution in [1.29, 1.82) is 0 Å². The first-order chi connectivity index (χ1) is 5.95. The lowest BCUT2D eigenvalue weighted by molar-refractivity contribution is 0.178. The Morgan fingerprint density at radius 3 is 2.75 bits per heavy atom. The van der Waals surface area contributed by atoms with Gasteiger partial charge < -0.3 is 4.84 Å². The van der Waals surface area contributed by atoms with Crippen molar-refractivity contribution in [1.82, 2.24) is 9.94 Å². The van der Waals surface area contributed by atoms with Crippen molar-refractivity contribution in [2.45, 2.75) is 0 Å². The van der Waals surface area contributed by atoms with Crippen LogP contribution in [0.15, 0.2) is 42.6 Å². The zero-order valence-corrected chi connectivity index (χ0v) is 6.34. The van der Waals surface area contributed by atoms with Crippen LogP contribution in [0.2, 0.25) is 0 Å². The van der Waals surface area contributed by atoms with Crippen molar-refractivity contribution < 1.29 is 4.84 Å². The van der Waals surface area contributed by atoms with Gasteiger partial charge in [0, 0.05) is 0 Å². The van der Waals surface area contributed by atoms with E-state index in [1.807, 2.05) is 30.3 Å². The number of para-hydroxylation sites is 1. The van der Waals surface area contributed by atoms with Crippen molar-refractivity contribution in [3.63, 3.8) is 0 Å². The van der Waals surface area contributed by atoms with E-state index in [0.717, 1.165) is 5.75 Å². The highest BCUT2D eigenvalue weighted by atomic mass is 16.7. The second-order valence-corrected chi connectivity index (χ2v) is 2.25. The molecule has 59 valence electrons. The number of benzene rings is 1. The molecule has 0 fully saturated rings. The topological polar surface area (TPSA) is 27.1 Å². The summed E-state index contributed by atoms with van der Waals surface area (Å²) in [4.78, 5) is 6.65. The molecule has 3 nitrogen and oxygen atoms in total. The fraction of sp³-hybridized carbons (Fsp3) is 0. The zero-order chi connectivity index (χ0) is 8.23. The summed E-state index contributed by atoms with van der Waals surface area (Å²) in [7, 11) is 0. The Balaban J connectivity index is 2.15. The quantitative estimate of drug-likeness (QED) is 0.664. The van der Waals surface area contributed by atoms with Gasteiger partial charge in [-0.3, -0.25) is 0 Å². The van der Waals surface area contributed by atoms with Crippen molar-refractivity contribution in [3.05, 3.63) is 48.8 Å². The Kier molecular flexibility index (Phi) is 1.78. The number of rotatable bonds is 2. The van der Waals surface area contributed by atoms with Gasteiger partial charge in [0.1, 0.15) is 6.20 Å². The van der Waals surface area contributed by atoms with Crippen LogP contribution in [0.25, 0.3) is 0 Å². The third-order valence-electron chi connectivity index (χ3n) is 1.38. The maximum Gasteiger partial charge on any atom is 0.157 e. The van der Waals surface area contributed by atoms with E-state index < -0.39 is 0 Å². The second kappa shape index (κ2) is 3.09. The lowest BCUT2D eigenvalue weighted by Gasteiger charge is -2.01. The van der Waals surface area contributed by atoms with Crippen LogP contribution in [0.4, 0.5) is 0 Å². The monoisotopic (exact) mass is 159 g/mol. The van der Waals surface area contributed by atoms with Crippen LogP contribution in [0.5, 0.6) is 5.75 Å². The van der Waals surface area contributed by atoms with Crippen LogP contribution in [0.3, 0.4) is 0 Å². The Labute approximate surface area is 70.2 Å². The van der Waals surface area contributed by atoms with Crippen LogP contribution >= 0.6 is 0 Å². The minimum absolute atomic E-state index is 0.759. The molecule has 0 bridgehead atoms. The van der Waals surface area contributed by atoms with Crippen molar-refractivity contribution in [2.75, 3.05) is 0 Å². The summed E-state index contributed by atoms with van der Waals surface area (Å²) in [6.45, 7) is 0. The number of aromatic nitrogens is 2. The predicted octanol–water partition coefficient (Wildman–Crippen LogP) is 1.53. The summed E-state index contributed by atoms with van der Waals surface area (Å²) in [6, 6.07) is 11.2. The molecule has 0 saturated carbocycles. The number of hydrogen-bond acceptors (Lipinski definition) is 2. The van der Waals surface area contributed by atoms with E-state index in [1.54, 1.807) is 12.3 Å². The molecule has 0 N–H and O–H groups in total. The molecule has 1 aromatic carbocycles. The fourth-order valence-electron chi connectivity index (χ4n) is 0.861. The molecule has 1 radical (unpaired) electrons.